The molecule has 4 rings (SSSR count). The molecule has 0 atom stereocenters. The normalized spacial score (nSPS) is 18.2. The molecular weight excluding hydrogens is 378 g/mol. The first-order valence-corrected chi connectivity index (χ1v) is 10.9. The van der Waals surface area contributed by atoms with Gasteiger partial charge in [-0.15, -0.1) is 0 Å². The van der Waals surface area contributed by atoms with Gasteiger partial charge in [0.2, 0.25) is 0 Å². The molecule has 2 aromatic heterocycles. The Morgan fingerprint density at radius 1 is 1.13 bits per heavy atom. The predicted molar refractivity (Wildman–Crippen MR) is 116 cm³/mol. The van der Waals surface area contributed by atoms with Gasteiger partial charge in [-0.1, -0.05) is 25.3 Å². The average molecular weight is 406 g/mol. The molecule has 0 aromatic carbocycles. The highest BCUT2D eigenvalue weighted by molar-refractivity contribution is 6.02. The average Bonchev–Trinajstić information content (AvgIpc) is 2.79. The van der Waals surface area contributed by atoms with E-state index in [2.05, 4.69) is 10.2 Å². The van der Waals surface area contributed by atoms with Gasteiger partial charge in [-0.3, -0.25) is 14.0 Å². The summed E-state index contributed by atoms with van der Waals surface area (Å²) in [5, 5.41) is 12.6. The van der Waals surface area contributed by atoms with E-state index in [1.54, 1.807) is 18.3 Å². The van der Waals surface area contributed by atoms with Gasteiger partial charge in [0.05, 0.1) is 5.56 Å². The fourth-order valence-corrected chi connectivity index (χ4v) is 4.37. The van der Waals surface area contributed by atoms with Crippen molar-refractivity contribution in [2.75, 3.05) is 18.0 Å². The molecule has 30 heavy (non-hydrogen) atoms. The summed E-state index contributed by atoms with van der Waals surface area (Å²) < 4.78 is 1.47. The van der Waals surface area contributed by atoms with E-state index in [1.165, 1.54) is 16.9 Å². The molecule has 0 radical (unpaired) electrons. The Kier molecular flexibility index (Phi) is 6.12. The minimum atomic E-state index is -0.411. The van der Waals surface area contributed by atoms with Crippen LogP contribution in [0.3, 0.4) is 0 Å². The van der Waals surface area contributed by atoms with Crippen LogP contribution in [0, 0.1) is 11.3 Å². The van der Waals surface area contributed by atoms with E-state index in [4.69, 9.17) is 4.98 Å². The Balaban J connectivity index is 1.75. The number of piperidine rings is 1. The highest BCUT2D eigenvalue weighted by atomic mass is 16.2. The summed E-state index contributed by atoms with van der Waals surface area (Å²) >= 11 is 0. The standard InChI is InChI=1S/C23H27N5O2/c24-16-17(22(29)25-18-9-3-1-4-10-18)15-19-21(27-12-6-2-7-13-27)26-20-11-5-8-14-28(20)23(19)30/h5,8,11,14-15,18H,1-4,6-7,9-10,12-13H2,(H,25,29)/b17-15+. The first-order valence-electron chi connectivity index (χ1n) is 10.9. The lowest BCUT2D eigenvalue weighted by atomic mass is 9.95. The molecule has 1 amide bonds. The molecule has 2 fully saturated rings. The van der Waals surface area contributed by atoms with E-state index in [-0.39, 0.29) is 17.2 Å². The van der Waals surface area contributed by atoms with Crippen molar-refractivity contribution >= 4 is 23.4 Å². The van der Waals surface area contributed by atoms with Gasteiger partial charge >= 0.3 is 0 Å². The van der Waals surface area contributed by atoms with Crippen molar-refractivity contribution in [3.8, 4) is 6.07 Å². The van der Waals surface area contributed by atoms with Crippen LogP contribution in [-0.2, 0) is 4.79 Å². The van der Waals surface area contributed by atoms with Crippen LogP contribution in [0.5, 0.6) is 0 Å². The van der Waals surface area contributed by atoms with Gasteiger partial charge in [0.25, 0.3) is 11.5 Å². The summed E-state index contributed by atoms with van der Waals surface area (Å²) in [4.78, 5) is 32.9. The Morgan fingerprint density at radius 3 is 2.60 bits per heavy atom. The van der Waals surface area contributed by atoms with Crippen LogP contribution < -0.4 is 15.8 Å². The smallest absolute Gasteiger partial charge is 0.267 e. The molecule has 0 bridgehead atoms. The van der Waals surface area contributed by atoms with Crippen molar-refractivity contribution in [1.82, 2.24) is 14.7 Å². The van der Waals surface area contributed by atoms with E-state index in [0.717, 1.165) is 58.0 Å². The van der Waals surface area contributed by atoms with E-state index in [9.17, 15) is 14.9 Å². The van der Waals surface area contributed by atoms with E-state index < -0.39 is 5.91 Å². The third-order valence-electron chi connectivity index (χ3n) is 6.00. The van der Waals surface area contributed by atoms with Crippen molar-refractivity contribution in [2.24, 2.45) is 0 Å². The number of rotatable bonds is 4. The lowest BCUT2D eigenvalue weighted by Crippen LogP contribution is -2.37. The van der Waals surface area contributed by atoms with Crippen LogP contribution in [-0.4, -0.2) is 34.4 Å². The Labute approximate surface area is 176 Å². The minimum absolute atomic E-state index is 0.0476. The number of anilines is 1. The Hall–Kier alpha value is -3.14. The first kappa shape index (κ1) is 20.1. The maximum Gasteiger partial charge on any atom is 0.267 e. The molecule has 7 heteroatoms. The van der Waals surface area contributed by atoms with Crippen LogP contribution >= 0.6 is 0 Å². The maximum absolute atomic E-state index is 13.3. The van der Waals surface area contributed by atoms with Crippen LogP contribution in [0.25, 0.3) is 11.7 Å². The summed E-state index contributed by atoms with van der Waals surface area (Å²) in [6, 6.07) is 7.50. The summed E-state index contributed by atoms with van der Waals surface area (Å²) in [5.74, 6) is 0.149. The Morgan fingerprint density at radius 2 is 1.87 bits per heavy atom. The molecule has 1 N–H and O–H groups in total. The lowest BCUT2D eigenvalue weighted by Gasteiger charge is -2.29. The van der Waals surface area contributed by atoms with Crippen molar-refractivity contribution in [1.29, 1.82) is 5.26 Å². The largest absolute Gasteiger partial charge is 0.356 e. The van der Waals surface area contributed by atoms with Crippen molar-refractivity contribution in [3.05, 3.63) is 45.9 Å². The summed E-state index contributed by atoms with van der Waals surface area (Å²) in [6.07, 6.45) is 11.5. The minimum Gasteiger partial charge on any atom is -0.356 e. The van der Waals surface area contributed by atoms with E-state index in [1.807, 2.05) is 12.1 Å². The summed E-state index contributed by atoms with van der Waals surface area (Å²) in [7, 11) is 0. The molecule has 1 saturated carbocycles. The van der Waals surface area contributed by atoms with Crippen LogP contribution in [0.1, 0.15) is 56.9 Å². The van der Waals surface area contributed by atoms with Gasteiger partial charge in [0.15, 0.2) is 0 Å². The number of carbonyl (C=O) groups is 1. The molecule has 1 saturated heterocycles. The maximum atomic E-state index is 13.3. The molecule has 1 aliphatic carbocycles. The highest BCUT2D eigenvalue weighted by Crippen LogP contribution is 2.23. The number of amides is 1. The van der Waals surface area contributed by atoms with E-state index in [0.29, 0.717) is 17.0 Å². The lowest BCUT2D eigenvalue weighted by molar-refractivity contribution is -0.117. The number of hydrogen-bond donors (Lipinski definition) is 1. The van der Waals surface area contributed by atoms with Gasteiger partial charge in [-0.05, 0) is 50.3 Å². The number of fused-ring (bicyclic) bond motifs is 1. The first-order chi connectivity index (χ1) is 14.7. The third-order valence-corrected chi connectivity index (χ3v) is 6.00. The number of nitrogens with zero attached hydrogens (tertiary/aromatic N) is 4. The van der Waals surface area contributed by atoms with Gasteiger partial charge in [0, 0.05) is 25.3 Å². The van der Waals surface area contributed by atoms with Gasteiger partial charge in [-0.2, -0.15) is 5.26 Å². The number of carbonyl (C=O) groups excluding carboxylic acids is 1. The van der Waals surface area contributed by atoms with Gasteiger partial charge in [0.1, 0.15) is 23.1 Å². The Bertz CT molecular complexity index is 1050. The second-order valence-electron chi connectivity index (χ2n) is 8.11. The predicted octanol–water partition coefficient (Wildman–Crippen LogP) is 3.04. The van der Waals surface area contributed by atoms with Gasteiger partial charge < -0.3 is 10.2 Å². The quantitative estimate of drug-likeness (QED) is 0.624. The van der Waals surface area contributed by atoms with Gasteiger partial charge in [-0.25, -0.2) is 4.98 Å². The fourth-order valence-electron chi connectivity index (χ4n) is 4.37. The zero-order valence-corrected chi connectivity index (χ0v) is 17.1. The molecule has 0 unspecified atom stereocenters. The summed E-state index contributed by atoms with van der Waals surface area (Å²) in [6.45, 7) is 1.62. The third kappa shape index (κ3) is 4.23. The van der Waals surface area contributed by atoms with Crippen LogP contribution in [0.2, 0.25) is 0 Å². The molecule has 0 spiro atoms. The van der Waals surface area contributed by atoms with Crippen molar-refractivity contribution < 1.29 is 4.79 Å². The van der Waals surface area contributed by atoms with Crippen LogP contribution in [0.4, 0.5) is 5.82 Å². The van der Waals surface area contributed by atoms with Crippen LogP contribution in [0.15, 0.2) is 34.8 Å². The molecule has 3 heterocycles. The highest BCUT2D eigenvalue weighted by Gasteiger charge is 2.22. The van der Waals surface area contributed by atoms with Crippen molar-refractivity contribution in [2.45, 2.75) is 57.4 Å². The molecule has 2 aromatic rings. The topological polar surface area (TPSA) is 90.5 Å². The molecule has 1 aliphatic heterocycles. The summed E-state index contributed by atoms with van der Waals surface area (Å²) in [5.41, 5.74) is 0.550. The van der Waals surface area contributed by atoms with Crippen molar-refractivity contribution in [3.63, 3.8) is 0 Å². The number of nitriles is 1. The molecule has 156 valence electrons. The second kappa shape index (κ2) is 9.12. The molecule has 7 nitrogen and oxygen atoms in total. The molecular formula is C23H27N5O2. The zero-order valence-electron chi connectivity index (χ0n) is 17.1. The number of nitrogens with one attached hydrogen (secondary N) is 1. The SMILES string of the molecule is N#C/C(=C\c1c(N2CCCCC2)nc2ccccn2c1=O)C(=O)NC1CCCCC1. The fraction of sp³-hybridized carbons (Fsp3) is 0.478. The molecule has 2 aliphatic rings. The monoisotopic (exact) mass is 405 g/mol. The van der Waals surface area contributed by atoms with E-state index >= 15 is 0 Å². The number of pyridine rings is 1. The zero-order chi connectivity index (χ0) is 20.9. The number of aromatic nitrogens is 2. The second-order valence-corrected chi connectivity index (χ2v) is 8.11. The number of hydrogen-bond acceptors (Lipinski definition) is 5.